The number of nitrogens with one attached hydrogen (secondary N) is 1. The standard InChI is InChI=1S/C17H27FN2/c1-12(2)9-20-10-14-5-4-13(3)8-16(14)15-6-7-19-11-17(15)18/h6-7,11-14,16,20H,4-5,8-10H2,1-3H3. The van der Waals surface area contributed by atoms with Gasteiger partial charge in [0.05, 0.1) is 6.20 Å². The fraction of sp³-hybridized carbons (Fsp3) is 0.706. The van der Waals surface area contributed by atoms with E-state index in [0.717, 1.165) is 25.1 Å². The maximum absolute atomic E-state index is 14.0. The first-order chi connectivity index (χ1) is 9.58. The molecule has 0 spiro atoms. The third-order valence-electron chi connectivity index (χ3n) is 4.42. The van der Waals surface area contributed by atoms with Crippen LogP contribution in [0.4, 0.5) is 4.39 Å². The molecule has 3 atom stereocenters. The van der Waals surface area contributed by atoms with Crippen LogP contribution in [0.15, 0.2) is 18.5 Å². The molecule has 3 heteroatoms. The summed E-state index contributed by atoms with van der Waals surface area (Å²) in [5.41, 5.74) is 0.864. The molecule has 0 aromatic carbocycles. The number of nitrogens with zero attached hydrogens (tertiary/aromatic N) is 1. The lowest BCUT2D eigenvalue weighted by molar-refractivity contribution is 0.236. The van der Waals surface area contributed by atoms with Gasteiger partial charge in [-0.05, 0) is 61.2 Å². The van der Waals surface area contributed by atoms with Crippen molar-refractivity contribution in [3.8, 4) is 0 Å². The monoisotopic (exact) mass is 278 g/mol. The Labute approximate surface area is 122 Å². The van der Waals surface area contributed by atoms with E-state index in [1.54, 1.807) is 6.20 Å². The Balaban J connectivity index is 2.06. The van der Waals surface area contributed by atoms with Gasteiger partial charge in [-0.2, -0.15) is 0 Å². The van der Waals surface area contributed by atoms with E-state index >= 15 is 0 Å². The van der Waals surface area contributed by atoms with Gasteiger partial charge in [0.25, 0.3) is 0 Å². The lowest BCUT2D eigenvalue weighted by atomic mass is 9.71. The van der Waals surface area contributed by atoms with Crippen LogP contribution in [-0.2, 0) is 0 Å². The van der Waals surface area contributed by atoms with Crippen molar-refractivity contribution in [2.75, 3.05) is 13.1 Å². The topological polar surface area (TPSA) is 24.9 Å². The van der Waals surface area contributed by atoms with E-state index < -0.39 is 0 Å². The van der Waals surface area contributed by atoms with Crippen molar-refractivity contribution < 1.29 is 4.39 Å². The number of rotatable bonds is 5. The molecule has 1 aromatic heterocycles. The quantitative estimate of drug-likeness (QED) is 0.881. The Kier molecular flexibility index (Phi) is 5.53. The summed E-state index contributed by atoms with van der Waals surface area (Å²) in [6, 6.07) is 1.87. The number of halogens is 1. The molecular weight excluding hydrogens is 251 g/mol. The van der Waals surface area contributed by atoms with Crippen LogP contribution in [0.1, 0.15) is 51.5 Å². The van der Waals surface area contributed by atoms with Gasteiger partial charge in [-0.3, -0.25) is 4.98 Å². The highest BCUT2D eigenvalue weighted by Gasteiger charge is 2.31. The van der Waals surface area contributed by atoms with E-state index in [9.17, 15) is 4.39 Å². The SMILES string of the molecule is CC(C)CNCC1CCC(C)CC1c1ccncc1F. The Morgan fingerprint density at radius 1 is 1.40 bits per heavy atom. The molecule has 1 aliphatic rings. The van der Waals surface area contributed by atoms with Crippen LogP contribution < -0.4 is 5.32 Å². The second-order valence-electron chi connectivity index (χ2n) is 6.73. The van der Waals surface area contributed by atoms with Crippen molar-refractivity contribution >= 4 is 0 Å². The van der Waals surface area contributed by atoms with Crippen molar-refractivity contribution in [2.24, 2.45) is 17.8 Å². The highest BCUT2D eigenvalue weighted by atomic mass is 19.1. The van der Waals surface area contributed by atoms with Gasteiger partial charge in [0.1, 0.15) is 5.82 Å². The lowest BCUT2D eigenvalue weighted by Gasteiger charge is -2.35. The maximum atomic E-state index is 14.0. The molecule has 2 nitrogen and oxygen atoms in total. The molecule has 1 saturated carbocycles. The molecule has 1 heterocycles. The minimum absolute atomic E-state index is 0.138. The normalized spacial score (nSPS) is 26.9. The van der Waals surface area contributed by atoms with Crippen LogP contribution in [0.3, 0.4) is 0 Å². The molecule has 0 radical (unpaired) electrons. The summed E-state index contributed by atoms with van der Waals surface area (Å²) in [4.78, 5) is 3.88. The lowest BCUT2D eigenvalue weighted by Crippen LogP contribution is -2.33. The number of pyridine rings is 1. The van der Waals surface area contributed by atoms with Gasteiger partial charge >= 0.3 is 0 Å². The number of hydrogen-bond donors (Lipinski definition) is 1. The molecule has 1 fully saturated rings. The summed E-state index contributed by atoms with van der Waals surface area (Å²) in [5, 5.41) is 3.55. The zero-order chi connectivity index (χ0) is 14.5. The zero-order valence-electron chi connectivity index (χ0n) is 12.9. The predicted octanol–water partition coefficient (Wildman–Crippen LogP) is 3.99. The van der Waals surface area contributed by atoms with E-state index in [0.29, 0.717) is 23.7 Å². The summed E-state index contributed by atoms with van der Waals surface area (Å²) in [6.07, 6.45) is 6.62. The summed E-state index contributed by atoms with van der Waals surface area (Å²) in [5.74, 6) is 2.09. The first-order valence-corrected chi connectivity index (χ1v) is 7.88. The van der Waals surface area contributed by atoms with Crippen LogP contribution in [-0.4, -0.2) is 18.1 Å². The predicted molar refractivity (Wildman–Crippen MR) is 81.1 cm³/mol. The Hall–Kier alpha value is -0.960. The summed E-state index contributed by atoms with van der Waals surface area (Å²) >= 11 is 0. The Morgan fingerprint density at radius 2 is 2.20 bits per heavy atom. The Bertz CT molecular complexity index is 419. The first kappa shape index (κ1) is 15.4. The van der Waals surface area contributed by atoms with E-state index in [1.807, 2.05) is 6.07 Å². The third-order valence-corrected chi connectivity index (χ3v) is 4.42. The van der Waals surface area contributed by atoms with Gasteiger partial charge < -0.3 is 5.32 Å². The Morgan fingerprint density at radius 3 is 2.90 bits per heavy atom. The van der Waals surface area contributed by atoms with Crippen molar-refractivity contribution in [3.63, 3.8) is 0 Å². The average Bonchev–Trinajstić information content (AvgIpc) is 2.41. The second-order valence-corrected chi connectivity index (χ2v) is 6.73. The van der Waals surface area contributed by atoms with Gasteiger partial charge in [0.15, 0.2) is 0 Å². The van der Waals surface area contributed by atoms with Gasteiger partial charge in [0, 0.05) is 6.20 Å². The highest BCUT2D eigenvalue weighted by molar-refractivity contribution is 5.20. The van der Waals surface area contributed by atoms with E-state index in [4.69, 9.17) is 0 Å². The summed E-state index contributed by atoms with van der Waals surface area (Å²) < 4.78 is 14.0. The third kappa shape index (κ3) is 4.02. The molecule has 112 valence electrons. The summed E-state index contributed by atoms with van der Waals surface area (Å²) in [6.45, 7) is 8.75. The summed E-state index contributed by atoms with van der Waals surface area (Å²) in [7, 11) is 0. The van der Waals surface area contributed by atoms with Crippen molar-refractivity contribution in [1.29, 1.82) is 0 Å². The van der Waals surface area contributed by atoms with Gasteiger partial charge in [-0.25, -0.2) is 4.39 Å². The molecule has 0 saturated heterocycles. The van der Waals surface area contributed by atoms with Crippen molar-refractivity contribution in [3.05, 3.63) is 29.8 Å². The zero-order valence-corrected chi connectivity index (χ0v) is 12.9. The van der Waals surface area contributed by atoms with E-state index in [-0.39, 0.29) is 5.82 Å². The van der Waals surface area contributed by atoms with Crippen LogP contribution in [0.5, 0.6) is 0 Å². The number of hydrogen-bond acceptors (Lipinski definition) is 2. The molecule has 0 bridgehead atoms. The van der Waals surface area contributed by atoms with E-state index in [1.165, 1.54) is 19.0 Å². The molecule has 1 aromatic rings. The molecule has 20 heavy (non-hydrogen) atoms. The average molecular weight is 278 g/mol. The fourth-order valence-corrected chi connectivity index (χ4v) is 3.31. The minimum Gasteiger partial charge on any atom is -0.316 e. The molecular formula is C17H27FN2. The minimum atomic E-state index is -0.138. The highest BCUT2D eigenvalue weighted by Crippen LogP contribution is 2.40. The molecule has 3 unspecified atom stereocenters. The smallest absolute Gasteiger partial charge is 0.144 e. The first-order valence-electron chi connectivity index (χ1n) is 7.88. The van der Waals surface area contributed by atoms with Gasteiger partial charge in [-0.1, -0.05) is 27.2 Å². The van der Waals surface area contributed by atoms with E-state index in [2.05, 4.69) is 31.1 Å². The maximum Gasteiger partial charge on any atom is 0.144 e. The van der Waals surface area contributed by atoms with Crippen LogP contribution in [0.2, 0.25) is 0 Å². The molecule has 1 aliphatic carbocycles. The molecule has 0 aliphatic heterocycles. The molecule has 0 amide bonds. The molecule has 2 rings (SSSR count). The van der Waals surface area contributed by atoms with Gasteiger partial charge in [0.2, 0.25) is 0 Å². The molecule has 1 N–H and O–H groups in total. The fourth-order valence-electron chi connectivity index (χ4n) is 3.31. The number of aromatic nitrogens is 1. The second kappa shape index (κ2) is 7.16. The largest absolute Gasteiger partial charge is 0.316 e. The van der Waals surface area contributed by atoms with Crippen LogP contribution in [0.25, 0.3) is 0 Å². The van der Waals surface area contributed by atoms with Crippen molar-refractivity contribution in [2.45, 2.75) is 46.0 Å². The van der Waals surface area contributed by atoms with Crippen molar-refractivity contribution in [1.82, 2.24) is 10.3 Å². The van der Waals surface area contributed by atoms with Gasteiger partial charge in [-0.15, -0.1) is 0 Å². The van der Waals surface area contributed by atoms with Crippen LogP contribution >= 0.6 is 0 Å². The van der Waals surface area contributed by atoms with Crippen LogP contribution in [0, 0.1) is 23.6 Å².